The summed E-state index contributed by atoms with van der Waals surface area (Å²) >= 11 is 0. The third-order valence-corrected chi connectivity index (χ3v) is 4.89. The summed E-state index contributed by atoms with van der Waals surface area (Å²) in [4.78, 5) is 4.60. The molecule has 0 bridgehead atoms. The molecule has 0 aliphatic heterocycles. The number of ether oxygens (including phenoxy) is 1. The average molecular weight is 331 g/mol. The molecule has 24 heavy (non-hydrogen) atoms. The van der Waals surface area contributed by atoms with E-state index in [2.05, 4.69) is 24.1 Å². The number of rotatable bonds is 6. The van der Waals surface area contributed by atoms with Gasteiger partial charge in [-0.15, -0.1) is 0 Å². The van der Waals surface area contributed by atoms with Gasteiger partial charge in [0.05, 0.1) is 6.10 Å². The molecule has 2 heterocycles. The first-order valence-electron chi connectivity index (χ1n) is 9.09. The second-order valence-corrected chi connectivity index (χ2v) is 6.92. The van der Waals surface area contributed by atoms with E-state index >= 15 is 0 Å². The molecule has 0 saturated heterocycles. The van der Waals surface area contributed by atoms with Gasteiger partial charge in [-0.05, 0) is 58.1 Å². The van der Waals surface area contributed by atoms with Crippen molar-refractivity contribution in [3.63, 3.8) is 0 Å². The molecule has 1 aliphatic rings. The monoisotopic (exact) mass is 331 g/mol. The minimum absolute atomic E-state index is 0.335. The molecule has 1 atom stereocenters. The van der Waals surface area contributed by atoms with E-state index in [0.717, 1.165) is 61.3 Å². The number of aliphatic hydroxyl groups excluding tert-OH is 1. The van der Waals surface area contributed by atoms with Gasteiger partial charge in [0.25, 0.3) is 0 Å². The molecular weight excluding hydrogens is 302 g/mol. The predicted molar refractivity (Wildman–Crippen MR) is 95.0 cm³/mol. The quantitative estimate of drug-likeness (QED) is 0.798. The van der Waals surface area contributed by atoms with Gasteiger partial charge in [-0.3, -0.25) is 5.32 Å². The first-order chi connectivity index (χ1) is 11.6. The van der Waals surface area contributed by atoms with E-state index in [9.17, 15) is 5.11 Å². The predicted octanol–water partition coefficient (Wildman–Crippen LogP) is 3.27. The van der Waals surface area contributed by atoms with Crippen molar-refractivity contribution in [1.82, 2.24) is 14.7 Å². The van der Waals surface area contributed by atoms with Crippen molar-refractivity contribution in [2.24, 2.45) is 0 Å². The lowest BCUT2D eigenvalue weighted by molar-refractivity contribution is 0.0155. The van der Waals surface area contributed by atoms with Gasteiger partial charge in [0.15, 0.2) is 0 Å². The molecule has 0 spiro atoms. The van der Waals surface area contributed by atoms with Crippen LogP contribution >= 0.6 is 0 Å². The van der Waals surface area contributed by atoms with Gasteiger partial charge >= 0.3 is 0 Å². The third kappa shape index (κ3) is 3.79. The third-order valence-electron chi connectivity index (χ3n) is 4.89. The molecule has 2 aromatic rings. The lowest BCUT2D eigenvalue weighted by Crippen LogP contribution is -2.37. The van der Waals surface area contributed by atoms with Crippen molar-refractivity contribution in [3.8, 4) is 0 Å². The zero-order valence-electron chi connectivity index (χ0n) is 15.0. The Kier molecular flexibility index (Phi) is 5.54. The first kappa shape index (κ1) is 17.4. The molecule has 0 radical (unpaired) electrons. The van der Waals surface area contributed by atoms with Crippen LogP contribution in [0.25, 0.3) is 5.65 Å². The number of aromatic nitrogens is 2. The Hall–Kier alpha value is -1.43. The van der Waals surface area contributed by atoms with Crippen LogP contribution in [-0.2, 0) is 4.74 Å². The highest BCUT2D eigenvalue weighted by molar-refractivity contribution is 5.51. The molecule has 5 nitrogen and oxygen atoms in total. The second kappa shape index (κ2) is 7.64. The molecule has 0 aromatic carbocycles. The smallest absolute Gasteiger partial charge is 0.144 e. The summed E-state index contributed by atoms with van der Waals surface area (Å²) in [5.74, 6) is 0. The Balaban J connectivity index is 1.63. The lowest BCUT2D eigenvalue weighted by Gasteiger charge is -2.30. The van der Waals surface area contributed by atoms with Gasteiger partial charge in [0, 0.05) is 35.8 Å². The van der Waals surface area contributed by atoms with E-state index in [4.69, 9.17) is 4.74 Å². The van der Waals surface area contributed by atoms with Crippen LogP contribution in [0.1, 0.15) is 62.2 Å². The Labute approximate surface area is 144 Å². The second-order valence-electron chi connectivity index (χ2n) is 6.92. The van der Waals surface area contributed by atoms with Crippen molar-refractivity contribution >= 4 is 5.65 Å². The molecule has 2 N–H and O–H groups in total. The number of aryl methyl sites for hydroxylation is 2. The highest BCUT2D eigenvalue weighted by atomic mass is 16.5. The van der Waals surface area contributed by atoms with Crippen LogP contribution in [0.4, 0.5) is 0 Å². The minimum atomic E-state index is -0.679. The summed E-state index contributed by atoms with van der Waals surface area (Å²) in [7, 11) is 0. The summed E-state index contributed by atoms with van der Waals surface area (Å²) in [6, 6.07) is 4.35. The number of nitrogens with zero attached hydrogens (tertiary/aromatic N) is 2. The molecule has 0 amide bonds. The maximum Gasteiger partial charge on any atom is 0.144 e. The lowest BCUT2D eigenvalue weighted by atomic mass is 9.92. The molecule has 5 heteroatoms. The zero-order valence-corrected chi connectivity index (χ0v) is 15.0. The van der Waals surface area contributed by atoms with Crippen molar-refractivity contribution in [1.29, 1.82) is 0 Å². The molecular formula is C19H29N3O2. The summed E-state index contributed by atoms with van der Waals surface area (Å²) in [5, 5.41) is 14.0. The largest absolute Gasteiger partial charge is 0.378 e. The fourth-order valence-corrected chi connectivity index (χ4v) is 3.62. The van der Waals surface area contributed by atoms with Crippen LogP contribution in [0.15, 0.2) is 18.3 Å². The molecule has 2 aromatic heterocycles. The summed E-state index contributed by atoms with van der Waals surface area (Å²) in [6.45, 7) is 7.04. The molecule has 132 valence electrons. The summed E-state index contributed by atoms with van der Waals surface area (Å²) in [5.41, 5.74) is 3.80. The number of hydrogen-bond donors (Lipinski definition) is 2. The van der Waals surface area contributed by atoms with Crippen LogP contribution in [-0.4, -0.2) is 33.2 Å². The molecule has 1 unspecified atom stereocenters. The Bertz CT molecular complexity index is 675. The van der Waals surface area contributed by atoms with Crippen LogP contribution in [0, 0.1) is 13.8 Å². The Morgan fingerprint density at radius 3 is 2.79 bits per heavy atom. The molecule has 1 fully saturated rings. The van der Waals surface area contributed by atoms with Crippen molar-refractivity contribution in [2.75, 3.05) is 6.61 Å². The number of fused-ring (bicyclic) bond motifs is 1. The van der Waals surface area contributed by atoms with Crippen LogP contribution < -0.4 is 5.32 Å². The summed E-state index contributed by atoms with van der Waals surface area (Å²) < 4.78 is 7.87. The average Bonchev–Trinajstić information content (AvgIpc) is 2.98. The van der Waals surface area contributed by atoms with Gasteiger partial charge in [-0.2, -0.15) is 0 Å². The van der Waals surface area contributed by atoms with Gasteiger partial charge < -0.3 is 14.2 Å². The minimum Gasteiger partial charge on any atom is -0.378 e. The van der Waals surface area contributed by atoms with Gasteiger partial charge in [-0.1, -0.05) is 6.92 Å². The first-order valence-corrected chi connectivity index (χ1v) is 9.09. The van der Waals surface area contributed by atoms with Crippen molar-refractivity contribution in [2.45, 2.75) is 71.2 Å². The molecule has 3 rings (SSSR count). The van der Waals surface area contributed by atoms with E-state index < -0.39 is 6.23 Å². The van der Waals surface area contributed by atoms with Crippen molar-refractivity contribution < 1.29 is 9.84 Å². The Morgan fingerprint density at radius 1 is 1.33 bits per heavy atom. The van der Waals surface area contributed by atoms with Gasteiger partial charge in [0.1, 0.15) is 11.9 Å². The van der Waals surface area contributed by atoms with Gasteiger partial charge in [-0.25, -0.2) is 4.98 Å². The van der Waals surface area contributed by atoms with E-state index in [1.165, 1.54) is 0 Å². The highest BCUT2D eigenvalue weighted by Gasteiger charge is 2.24. The Morgan fingerprint density at radius 2 is 2.08 bits per heavy atom. The van der Waals surface area contributed by atoms with Gasteiger partial charge in [0.2, 0.25) is 0 Å². The molecule has 1 saturated carbocycles. The van der Waals surface area contributed by atoms with E-state index in [1.807, 2.05) is 29.7 Å². The van der Waals surface area contributed by atoms with Crippen LogP contribution in [0.5, 0.6) is 0 Å². The maximum absolute atomic E-state index is 10.7. The van der Waals surface area contributed by atoms with E-state index in [0.29, 0.717) is 12.1 Å². The topological polar surface area (TPSA) is 58.8 Å². The fourth-order valence-electron chi connectivity index (χ4n) is 3.62. The standard InChI is InChI=1S/C19H29N3O2/c1-4-11-24-16-7-5-15(6-8-16)21-19(23)17-9-10-22-14(3)12-13(2)20-18(17)22/h9-10,12,15-16,19,21,23H,4-8,11H2,1-3H3. The number of hydrogen-bond acceptors (Lipinski definition) is 4. The number of aliphatic hydroxyl groups is 1. The van der Waals surface area contributed by atoms with E-state index in [-0.39, 0.29) is 0 Å². The van der Waals surface area contributed by atoms with Crippen LogP contribution in [0.3, 0.4) is 0 Å². The molecule has 1 aliphatic carbocycles. The number of nitrogens with one attached hydrogen (secondary N) is 1. The SMILES string of the molecule is CCCOC1CCC(NC(O)c2ccn3c(C)cc(C)nc23)CC1. The van der Waals surface area contributed by atoms with Crippen LogP contribution in [0.2, 0.25) is 0 Å². The van der Waals surface area contributed by atoms with E-state index in [1.54, 1.807) is 0 Å². The zero-order chi connectivity index (χ0) is 17.1. The fraction of sp³-hybridized carbons (Fsp3) is 0.632. The normalized spacial score (nSPS) is 22.8. The maximum atomic E-state index is 10.7. The van der Waals surface area contributed by atoms with Crippen molar-refractivity contribution in [3.05, 3.63) is 35.3 Å². The highest BCUT2D eigenvalue weighted by Crippen LogP contribution is 2.25. The summed E-state index contributed by atoms with van der Waals surface area (Å²) in [6.07, 6.45) is 6.99.